The lowest BCUT2D eigenvalue weighted by Gasteiger charge is -2.18. The fraction of sp³-hybridized carbons (Fsp3) is 0.176. The zero-order valence-electron chi connectivity index (χ0n) is 12.2. The van der Waals surface area contributed by atoms with Gasteiger partial charge in [-0.15, -0.1) is 0 Å². The number of nitrogens with one attached hydrogen (secondary N) is 1. The molecule has 0 spiro atoms. The first-order valence-electron chi connectivity index (χ1n) is 6.93. The topological polar surface area (TPSA) is 82.3 Å². The fourth-order valence-corrected chi connectivity index (χ4v) is 2.44. The van der Waals surface area contributed by atoms with Crippen molar-refractivity contribution in [1.29, 1.82) is 5.26 Å². The highest BCUT2D eigenvalue weighted by molar-refractivity contribution is 14.1. The number of hydrogen-bond donors (Lipinski definition) is 2. The van der Waals surface area contributed by atoms with E-state index in [-0.39, 0.29) is 12.6 Å². The van der Waals surface area contributed by atoms with Gasteiger partial charge in [0.25, 0.3) is 0 Å². The minimum atomic E-state index is -1.09. The van der Waals surface area contributed by atoms with Crippen molar-refractivity contribution in [2.45, 2.75) is 12.5 Å². The number of amides is 1. The van der Waals surface area contributed by atoms with E-state index < -0.39 is 6.09 Å². The first-order valence-corrected chi connectivity index (χ1v) is 8.01. The van der Waals surface area contributed by atoms with Crippen molar-refractivity contribution in [3.63, 3.8) is 0 Å². The average Bonchev–Trinajstić information content (AvgIpc) is 2.54. The van der Waals surface area contributed by atoms with Gasteiger partial charge < -0.3 is 15.2 Å². The monoisotopic (exact) mass is 422 g/mol. The van der Waals surface area contributed by atoms with Gasteiger partial charge in [-0.25, -0.2) is 4.79 Å². The van der Waals surface area contributed by atoms with E-state index in [1.807, 2.05) is 30.3 Å². The van der Waals surface area contributed by atoms with Gasteiger partial charge in [0.15, 0.2) is 0 Å². The smallest absolute Gasteiger partial charge is 0.405 e. The Hall–Kier alpha value is -2.27. The Morgan fingerprint density at radius 3 is 2.70 bits per heavy atom. The summed E-state index contributed by atoms with van der Waals surface area (Å²) in [5.41, 5.74) is 1.53. The number of ether oxygens (including phenoxy) is 1. The van der Waals surface area contributed by atoms with E-state index >= 15 is 0 Å². The highest BCUT2D eigenvalue weighted by Gasteiger charge is 2.13. The van der Waals surface area contributed by atoms with E-state index in [1.165, 1.54) is 0 Å². The van der Waals surface area contributed by atoms with E-state index in [0.717, 1.165) is 9.13 Å². The van der Waals surface area contributed by atoms with Gasteiger partial charge in [0.1, 0.15) is 12.4 Å². The first kappa shape index (κ1) is 17.1. The van der Waals surface area contributed by atoms with Crippen LogP contribution in [0, 0.1) is 14.9 Å². The van der Waals surface area contributed by atoms with Gasteiger partial charge >= 0.3 is 6.09 Å². The summed E-state index contributed by atoms with van der Waals surface area (Å²) in [6.07, 6.45) is -0.559. The van der Waals surface area contributed by atoms with Crippen LogP contribution in [0.5, 0.6) is 5.75 Å². The molecule has 5 nitrogen and oxygen atoms in total. The third kappa shape index (κ3) is 5.79. The molecule has 2 rings (SSSR count). The van der Waals surface area contributed by atoms with Crippen LogP contribution in [0.1, 0.15) is 11.1 Å². The second-order valence-electron chi connectivity index (χ2n) is 4.93. The summed E-state index contributed by atoms with van der Waals surface area (Å²) < 4.78 is 6.75. The fourth-order valence-electron chi connectivity index (χ4n) is 2.08. The number of halogens is 1. The molecule has 0 aliphatic heterocycles. The highest BCUT2D eigenvalue weighted by atomic mass is 127. The summed E-state index contributed by atoms with van der Waals surface area (Å²) in [6, 6.07) is 16.3. The van der Waals surface area contributed by atoms with Crippen LogP contribution in [0.2, 0.25) is 0 Å². The lowest BCUT2D eigenvalue weighted by atomic mass is 10.1. The van der Waals surface area contributed by atoms with Crippen LogP contribution in [-0.2, 0) is 6.42 Å². The molecule has 0 aliphatic rings. The molecule has 0 unspecified atom stereocenters. The highest BCUT2D eigenvalue weighted by Crippen LogP contribution is 2.14. The number of carboxylic acid groups (broad SMARTS) is 1. The second kappa shape index (κ2) is 8.39. The Kier molecular flexibility index (Phi) is 6.23. The Morgan fingerprint density at radius 2 is 2.04 bits per heavy atom. The third-order valence-corrected chi connectivity index (χ3v) is 3.86. The molecule has 0 aliphatic carbocycles. The van der Waals surface area contributed by atoms with Crippen molar-refractivity contribution >= 4 is 28.7 Å². The summed E-state index contributed by atoms with van der Waals surface area (Å²) in [5.74, 6) is 0.545. The molecule has 0 bridgehead atoms. The Bertz CT molecular complexity index is 711. The molecule has 0 radical (unpaired) electrons. The second-order valence-corrected chi connectivity index (χ2v) is 6.17. The van der Waals surface area contributed by atoms with Crippen LogP contribution < -0.4 is 10.1 Å². The van der Waals surface area contributed by atoms with Gasteiger partial charge in [0.05, 0.1) is 17.7 Å². The summed E-state index contributed by atoms with van der Waals surface area (Å²) in [5, 5.41) is 20.3. The molecule has 0 fully saturated rings. The molecule has 118 valence electrons. The van der Waals surface area contributed by atoms with Gasteiger partial charge in [-0.05, 0) is 64.9 Å². The van der Waals surface area contributed by atoms with Crippen molar-refractivity contribution < 1.29 is 14.6 Å². The number of rotatable bonds is 6. The molecular formula is C17H15IN2O3. The van der Waals surface area contributed by atoms with Gasteiger partial charge in [0, 0.05) is 3.57 Å². The van der Waals surface area contributed by atoms with Gasteiger partial charge in [-0.2, -0.15) is 5.26 Å². The molecule has 2 N–H and O–H groups in total. The zero-order valence-corrected chi connectivity index (χ0v) is 14.4. The SMILES string of the molecule is N#Cc1cccc(OC[C@@H](Cc2ccc(I)cc2)NC(=O)O)c1. The molecule has 0 heterocycles. The predicted molar refractivity (Wildman–Crippen MR) is 94.5 cm³/mol. The van der Waals surface area contributed by atoms with Gasteiger partial charge in [-0.1, -0.05) is 18.2 Å². The number of benzene rings is 2. The zero-order chi connectivity index (χ0) is 16.7. The van der Waals surface area contributed by atoms with Crippen LogP contribution in [0.15, 0.2) is 48.5 Å². The van der Waals surface area contributed by atoms with Crippen molar-refractivity contribution in [3.8, 4) is 11.8 Å². The Morgan fingerprint density at radius 1 is 1.30 bits per heavy atom. The predicted octanol–water partition coefficient (Wildman–Crippen LogP) is 3.42. The molecule has 23 heavy (non-hydrogen) atoms. The molecule has 0 saturated carbocycles. The average molecular weight is 422 g/mol. The van der Waals surface area contributed by atoms with Crippen LogP contribution in [-0.4, -0.2) is 23.8 Å². The summed E-state index contributed by atoms with van der Waals surface area (Å²) in [6.45, 7) is 0.188. The number of nitriles is 1. The van der Waals surface area contributed by atoms with Crippen LogP contribution >= 0.6 is 22.6 Å². The van der Waals surface area contributed by atoms with E-state index in [0.29, 0.717) is 17.7 Å². The molecule has 2 aromatic carbocycles. The molecular weight excluding hydrogens is 407 g/mol. The maximum Gasteiger partial charge on any atom is 0.405 e. The van der Waals surface area contributed by atoms with E-state index in [2.05, 4.69) is 27.9 Å². The Labute approximate surface area is 148 Å². The number of carbonyl (C=O) groups is 1. The largest absolute Gasteiger partial charge is 0.491 e. The summed E-state index contributed by atoms with van der Waals surface area (Å²) >= 11 is 2.22. The van der Waals surface area contributed by atoms with Crippen LogP contribution in [0.25, 0.3) is 0 Å². The van der Waals surface area contributed by atoms with Gasteiger partial charge in [-0.3, -0.25) is 0 Å². The molecule has 1 amide bonds. The summed E-state index contributed by atoms with van der Waals surface area (Å²) in [4.78, 5) is 11.0. The third-order valence-electron chi connectivity index (χ3n) is 3.14. The first-order chi connectivity index (χ1) is 11.1. The minimum Gasteiger partial charge on any atom is -0.491 e. The molecule has 6 heteroatoms. The molecule has 1 atom stereocenters. The summed E-state index contributed by atoms with van der Waals surface area (Å²) in [7, 11) is 0. The quantitative estimate of drug-likeness (QED) is 0.700. The molecule has 2 aromatic rings. The Balaban J connectivity index is 2.01. The lowest BCUT2D eigenvalue weighted by Crippen LogP contribution is -2.39. The van der Waals surface area contributed by atoms with Crippen molar-refractivity contribution in [2.24, 2.45) is 0 Å². The standard InChI is InChI=1S/C17H15IN2O3/c18-14-6-4-12(5-7-14)8-15(20-17(21)22)11-23-16-3-1-2-13(9-16)10-19/h1-7,9,15,20H,8,11H2,(H,21,22)/t15-/m1/s1. The van der Waals surface area contributed by atoms with Crippen molar-refractivity contribution in [2.75, 3.05) is 6.61 Å². The van der Waals surface area contributed by atoms with Crippen LogP contribution in [0.4, 0.5) is 4.79 Å². The van der Waals surface area contributed by atoms with E-state index in [9.17, 15) is 4.79 Å². The van der Waals surface area contributed by atoms with Crippen LogP contribution in [0.3, 0.4) is 0 Å². The minimum absolute atomic E-state index is 0.188. The maximum atomic E-state index is 11.0. The normalized spacial score (nSPS) is 11.3. The van der Waals surface area contributed by atoms with E-state index in [1.54, 1.807) is 24.3 Å². The van der Waals surface area contributed by atoms with Crippen molar-refractivity contribution in [3.05, 3.63) is 63.2 Å². The van der Waals surface area contributed by atoms with E-state index in [4.69, 9.17) is 15.1 Å². The lowest BCUT2D eigenvalue weighted by molar-refractivity contribution is 0.181. The molecule has 0 aromatic heterocycles. The number of hydrogen-bond acceptors (Lipinski definition) is 3. The van der Waals surface area contributed by atoms with Gasteiger partial charge in [0.2, 0.25) is 0 Å². The maximum absolute atomic E-state index is 11.0. The number of nitrogens with zero attached hydrogens (tertiary/aromatic N) is 1. The van der Waals surface area contributed by atoms with Crippen molar-refractivity contribution in [1.82, 2.24) is 5.32 Å². The molecule has 0 saturated heterocycles.